The van der Waals surface area contributed by atoms with Gasteiger partial charge in [0.05, 0.1) is 6.54 Å². The predicted molar refractivity (Wildman–Crippen MR) is 82.8 cm³/mol. The van der Waals surface area contributed by atoms with Crippen molar-refractivity contribution in [3.05, 3.63) is 23.2 Å². The van der Waals surface area contributed by atoms with E-state index in [-0.39, 0.29) is 5.54 Å². The number of nitrogens with one attached hydrogen (secondary N) is 1. The molecule has 0 saturated carbocycles. The van der Waals surface area contributed by atoms with Crippen molar-refractivity contribution in [1.29, 1.82) is 0 Å². The Bertz CT molecular complexity index is 425. The Balaban J connectivity index is 1.88. The first kappa shape index (κ1) is 15.5. The molecule has 0 atom stereocenters. The Morgan fingerprint density at radius 2 is 1.85 bits per heavy atom. The topological polar surface area (TPSA) is 31.6 Å². The molecule has 1 aliphatic rings. The fourth-order valence-corrected chi connectivity index (χ4v) is 2.83. The summed E-state index contributed by atoms with van der Waals surface area (Å²) in [6.45, 7) is 15.3. The van der Waals surface area contributed by atoms with E-state index in [1.54, 1.807) is 0 Å². The van der Waals surface area contributed by atoms with E-state index in [2.05, 4.69) is 42.0 Å². The zero-order valence-electron chi connectivity index (χ0n) is 13.6. The van der Waals surface area contributed by atoms with Gasteiger partial charge in [-0.1, -0.05) is 0 Å². The maximum atomic E-state index is 5.87. The number of nitrogens with zero attached hydrogens (tertiary/aromatic N) is 2. The molecule has 4 heteroatoms. The van der Waals surface area contributed by atoms with Gasteiger partial charge in [-0.3, -0.25) is 9.80 Å². The van der Waals surface area contributed by atoms with Crippen LogP contribution >= 0.6 is 0 Å². The van der Waals surface area contributed by atoms with Gasteiger partial charge >= 0.3 is 0 Å². The third kappa shape index (κ3) is 3.84. The molecule has 0 aromatic carbocycles. The zero-order valence-corrected chi connectivity index (χ0v) is 13.6. The van der Waals surface area contributed by atoms with Gasteiger partial charge in [0.25, 0.3) is 0 Å². The van der Waals surface area contributed by atoms with Crippen molar-refractivity contribution >= 4 is 0 Å². The molecule has 4 nitrogen and oxygen atoms in total. The number of piperazine rings is 1. The van der Waals surface area contributed by atoms with E-state index >= 15 is 0 Å². The number of aryl methyl sites for hydroxylation is 1. The fourth-order valence-electron chi connectivity index (χ4n) is 2.83. The lowest BCUT2D eigenvalue weighted by Crippen LogP contribution is -2.53. The zero-order chi connectivity index (χ0) is 14.8. The summed E-state index contributed by atoms with van der Waals surface area (Å²) >= 11 is 0. The largest absolute Gasteiger partial charge is 0.465 e. The van der Waals surface area contributed by atoms with Crippen LogP contribution in [0.15, 0.2) is 10.5 Å². The summed E-state index contributed by atoms with van der Waals surface area (Å²) in [5.74, 6) is 2.14. The standard InChI is InChI=1S/C16H29N3O/c1-13-14(11-17-5)10-15(20-13)12-18-6-8-19(9-7-18)16(2,3)4/h10,17H,6-9,11-12H2,1-5H3. The van der Waals surface area contributed by atoms with Crippen LogP contribution in [0, 0.1) is 6.92 Å². The molecule has 0 unspecified atom stereocenters. The number of hydrogen-bond acceptors (Lipinski definition) is 4. The van der Waals surface area contributed by atoms with Crippen LogP contribution in [0.1, 0.15) is 37.9 Å². The van der Waals surface area contributed by atoms with Gasteiger partial charge in [-0.15, -0.1) is 0 Å². The van der Waals surface area contributed by atoms with Crippen molar-refractivity contribution in [2.24, 2.45) is 0 Å². The molecule has 1 fully saturated rings. The molecule has 1 N–H and O–H groups in total. The highest BCUT2D eigenvalue weighted by Crippen LogP contribution is 2.19. The first-order valence-corrected chi connectivity index (χ1v) is 7.60. The summed E-state index contributed by atoms with van der Waals surface area (Å²) in [6, 6.07) is 2.20. The van der Waals surface area contributed by atoms with E-state index in [9.17, 15) is 0 Å². The van der Waals surface area contributed by atoms with E-state index in [0.29, 0.717) is 0 Å². The summed E-state index contributed by atoms with van der Waals surface area (Å²) < 4.78 is 5.87. The van der Waals surface area contributed by atoms with Gasteiger partial charge in [-0.2, -0.15) is 0 Å². The minimum absolute atomic E-state index is 0.285. The van der Waals surface area contributed by atoms with Crippen LogP contribution in [0.25, 0.3) is 0 Å². The Labute approximate surface area is 123 Å². The van der Waals surface area contributed by atoms with Crippen LogP contribution in [-0.4, -0.2) is 48.6 Å². The number of hydrogen-bond donors (Lipinski definition) is 1. The molecule has 20 heavy (non-hydrogen) atoms. The first-order chi connectivity index (χ1) is 9.40. The number of furan rings is 1. The monoisotopic (exact) mass is 279 g/mol. The SMILES string of the molecule is CNCc1cc(CN2CCN(C(C)(C)C)CC2)oc1C. The van der Waals surface area contributed by atoms with Crippen LogP contribution in [0.5, 0.6) is 0 Å². The van der Waals surface area contributed by atoms with Gasteiger partial charge < -0.3 is 9.73 Å². The van der Waals surface area contributed by atoms with Crippen LogP contribution in [0.4, 0.5) is 0 Å². The van der Waals surface area contributed by atoms with E-state index < -0.39 is 0 Å². The van der Waals surface area contributed by atoms with Crippen LogP contribution < -0.4 is 5.32 Å². The second kappa shape index (κ2) is 6.29. The number of rotatable bonds is 4. The van der Waals surface area contributed by atoms with Gasteiger partial charge in [0.1, 0.15) is 11.5 Å². The third-order valence-electron chi connectivity index (χ3n) is 4.14. The van der Waals surface area contributed by atoms with Crippen molar-refractivity contribution in [2.45, 2.75) is 46.3 Å². The first-order valence-electron chi connectivity index (χ1n) is 7.60. The summed E-state index contributed by atoms with van der Waals surface area (Å²) in [4.78, 5) is 5.05. The van der Waals surface area contributed by atoms with Gasteiger partial charge in [0.15, 0.2) is 0 Å². The molecule has 0 spiro atoms. The normalized spacial score (nSPS) is 18.6. The van der Waals surface area contributed by atoms with E-state index in [4.69, 9.17) is 4.42 Å². The average molecular weight is 279 g/mol. The molecular formula is C16H29N3O. The molecule has 114 valence electrons. The van der Waals surface area contributed by atoms with Gasteiger partial charge in [0.2, 0.25) is 0 Å². The van der Waals surface area contributed by atoms with Crippen LogP contribution in [-0.2, 0) is 13.1 Å². The molecule has 1 aromatic heterocycles. The highest BCUT2D eigenvalue weighted by molar-refractivity contribution is 5.20. The second-order valence-corrected chi connectivity index (χ2v) is 6.76. The quantitative estimate of drug-likeness (QED) is 0.916. The maximum Gasteiger partial charge on any atom is 0.118 e. The summed E-state index contributed by atoms with van der Waals surface area (Å²) in [6.07, 6.45) is 0. The summed E-state index contributed by atoms with van der Waals surface area (Å²) in [7, 11) is 1.97. The molecule has 0 amide bonds. The minimum Gasteiger partial charge on any atom is -0.465 e. The smallest absolute Gasteiger partial charge is 0.118 e. The van der Waals surface area contributed by atoms with Crippen LogP contribution in [0.2, 0.25) is 0 Å². The van der Waals surface area contributed by atoms with Crippen molar-refractivity contribution in [2.75, 3.05) is 33.2 Å². The lowest BCUT2D eigenvalue weighted by atomic mass is 10.0. The average Bonchev–Trinajstić information content (AvgIpc) is 2.70. The predicted octanol–water partition coefficient (Wildman–Crippen LogP) is 2.22. The Morgan fingerprint density at radius 3 is 2.40 bits per heavy atom. The molecule has 2 rings (SSSR count). The molecule has 1 aromatic rings. The summed E-state index contributed by atoms with van der Waals surface area (Å²) in [5, 5.41) is 3.18. The van der Waals surface area contributed by atoms with Crippen LogP contribution in [0.3, 0.4) is 0 Å². The van der Waals surface area contributed by atoms with E-state index in [1.165, 1.54) is 5.56 Å². The Hall–Kier alpha value is -0.840. The van der Waals surface area contributed by atoms with Crippen molar-refractivity contribution < 1.29 is 4.42 Å². The molecule has 2 heterocycles. The highest BCUT2D eigenvalue weighted by atomic mass is 16.3. The van der Waals surface area contributed by atoms with E-state index in [1.807, 2.05) is 14.0 Å². The van der Waals surface area contributed by atoms with Gasteiger partial charge in [0, 0.05) is 43.8 Å². The lowest BCUT2D eigenvalue weighted by Gasteiger charge is -2.42. The molecule has 1 saturated heterocycles. The van der Waals surface area contributed by atoms with Gasteiger partial charge in [-0.05, 0) is 40.8 Å². The minimum atomic E-state index is 0.285. The summed E-state index contributed by atoms with van der Waals surface area (Å²) in [5.41, 5.74) is 1.56. The van der Waals surface area contributed by atoms with E-state index in [0.717, 1.165) is 50.8 Å². The Morgan fingerprint density at radius 1 is 1.20 bits per heavy atom. The fraction of sp³-hybridized carbons (Fsp3) is 0.750. The Kier molecular flexibility index (Phi) is 4.89. The molecule has 0 radical (unpaired) electrons. The molecular weight excluding hydrogens is 250 g/mol. The molecule has 0 aliphatic carbocycles. The van der Waals surface area contributed by atoms with Gasteiger partial charge in [-0.25, -0.2) is 0 Å². The molecule has 1 aliphatic heterocycles. The lowest BCUT2D eigenvalue weighted by molar-refractivity contribution is 0.0561. The third-order valence-corrected chi connectivity index (χ3v) is 4.14. The molecule has 0 bridgehead atoms. The highest BCUT2D eigenvalue weighted by Gasteiger charge is 2.26. The van der Waals surface area contributed by atoms with Crippen molar-refractivity contribution in [3.63, 3.8) is 0 Å². The second-order valence-electron chi connectivity index (χ2n) is 6.76. The van der Waals surface area contributed by atoms with Crippen molar-refractivity contribution in [3.8, 4) is 0 Å². The maximum absolute atomic E-state index is 5.87. The van der Waals surface area contributed by atoms with Crippen molar-refractivity contribution in [1.82, 2.24) is 15.1 Å².